The van der Waals surface area contributed by atoms with E-state index in [9.17, 15) is 20.2 Å². The van der Waals surface area contributed by atoms with Crippen molar-refractivity contribution >= 4 is 23.1 Å². The van der Waals surface area contributed by atoms with E-state index in [1.807, 2.05) is 0 Å². The fraction of sp³-hybridized carbons (Fsp3) is 0.0667. The maximum absolute atomic E-state index is 11.0. The lowest BCUT2D eigenvalue weighted by Crippen LogP contribution is -2.13. The minimum absolute atomic E-state index is 0.0217. The maximum atomic E-state index is 11.0. The highest BCUT2D eigenvalue weighted by atomic mass is 32.2. The van der Waals surface area contributed by atoms with Gasteiger partial charge in [-0.15, -0.1) is 10.2 Å². The summed E-state index contributed by atoms with van der Waals surface area (Å²) in [6, 6.07) is 12.4. The molecule has 1 aromatic heterocycles. The number of nitrogens with zero attached hydrogens (tertiary/aromatic N) is 5. The maximum Gasteiger partial charge on any atom is 0.270 e. The first-order valence-electron chi connectivity index (χ1n) is 7.41. The van der Waals surface area contributed by atoms with Gasteiger partial charge in [-0.05, 0) is 17.7 Å². The second-order valence-corrected chi connectivity index (χ2v) is 6.50. The van der Waals surface area contributed by atoms with Crippen LogP contribution in [0.3, 0.4) is 0 Å². The van der Waals surface area contributed by atoms with Crippen LogP contribution in [0, 0.1) is 20.2 Å². The summed E-state index contributed by atoms with van der Waals surface area (Å²) in [6.07, 6.45) is 0. The van der Waals surface area contributed by atoms with Gasteiger partial charge in [0.1, 0.15) is 5.37 Å². The largest absolute Gasteiger partial charge is 0.304 e. The van der Waals surface area contributed by atoms with E-state index in [2.05, 4.69) is 15.6 Å². The van der Waals surface area contributed by atoms with Crippen LogP contribution in [0.15, 0.2) is 53.7 Å². The lowest BCUT2D eigenvalue weighted by Gasteiger charge is -2.12. The van der Waals surface area contributed by atoms with Crippen molar-refractivity contribution in [3.63, 3.8) is 0 Å². The Morgan fingerprint density at radius 1 is 1.00 bits per heavy atom. The van der Waals surface area contributed by atoms with Crippen molar-refractivity contribution in [2.45, 2.75) is 10.5 Å². The first-order chi connectivity index (χ1) is 12.5. The molecule has 0 spiro atoms. The van der Waals surface area contributed by atoms with E-state index >= 15 is 0 Å². The first-order valence-corrected chi connectivity index (χ1v) is 8.29. The Balaban J connectivity index is 1.62. The molecule has 3 aromatic rings. The zero-order valence-electron chi connectivity index (χ0n) is 13.0. The van der Waals surface area contributed by atoms with Gasteiger partial charge in [-0.2, -0.15) is 0 Å². The number of hydrogen-bond donors (Lipinski definition) is 1. The molecule has 0 radical (unpaired) electrons. The van der Waals surface area contributed by atoms with Gasteiger partial charge in [-0.1, -0.05) is 23.9 Å². The third-order valence-corrected chi connectivity index (χ3v) is 4.91. The van der Waals surface area contributed by atoms with Gasteiger partial charge in [0, 0.05) is 29.8 Å². The molecule has 1 N–H and O–H groups in total. The molecule has 2 heterocycles. The van der Waals surface area contributed by atoms with Gasteiger partial charge >= 0.3 is 0 Å². The lowest BCUT2D eigenvalue weighted by molar-refractivity contribution is -0.385. The molecule has 4 rings (SSSR count). The average Bonchev–Trinajstić information content (AvgIpc) is 3.22. The molecule has 0 saturated carbocycles. The van der Waals surface area contributed by atoms with E-state index in [0.29, 0.717) is 16.5 Å². The number of nitrogens with one attached hydrogen (secondary N) is 1. The highest BCUT2D eigenvalue weighted by Gasteiger charge is 2.28. The zero-order valence-corrected chi connectivity index (χ0v) is 13.8. The second-order valence-electron chi connectivity index (χ2n) is 5.42. The minimum atomic E-state index is -0.466. The van der Waals surface area contributed by atoms with E-state index in [4.69, 9.17) is 0 Å². The van der Waals surface area contributed by atoms with Gasteiger partial charge < -0.3 is 5.43 Å². The van der Waals surface area contributed by atoms with Crippen LogP contribution in [0.1, 0.15) is 10.9 Å². The molecule has 0 unspecified atom stereocenters. The average molecular weight is 370 g/mol. The minimum Gasteiger partial charge on any atom is -0.304 e. The van der Waals surface area contributed by atoms with Crippen molar-refractivity contribution in [3.05, 3.63) is 74.3 Å². The predicted molar refractivity (Wildman–Crippen MR) is 93.2 cm³/mol. The molecule has 0 saturated heterocycles. The van der Waals surface area contributed by atoms with Gasteiger partial charge in [-0.25, -0.2) is 4.68 Å². The normalized spacial score (nSPS) is 15.3. The van der Waals surface area contributed by atoms with Gasteiger partial charge in [-0.3, -0.25) is 20.2 Å². The number of aromatic nitrogens is 3. The SMILES string of the molecule is O=[N+]([O-])c1ccc([C@@H]2Nn3c(nnc3-c3cccc([N+](=O)[O-])c3)S2)cc1. The molecule has 2 aromatic carbocycles. The van der Waals surface area contributed by atoms with Crippen molar-refractivity contribution in [1.82, 2.24) is 14.9 Å². The molecule has 1 aliphatic heterocycles. The van der Waals surface area contributed by atoms with Gasteiger partial charge in [0.15, 0.2) is 5.82 Å². The second kappa shape index (κ2) is 6.11. The predicted octanol–water partition coefficient (Wildman–Crippen LogP) is 3.11. The molecular formula is C15H10N6O4S. The summed E-state index contributed by atoms with van der Waals surface area (Å²) in [5, 5.41) is 30.3. The van der Waals surface area contributed by atoms with Gasteiger partial charge in [0.25, 0.3) is 11.4 Å². The molecular weight excluding hydrogens is 360 g/mol. The molecule has 0 amide bonds. The van der Waals surface area contributed by atoms with E-state index in [-0.39, 0.29) is 16.7 Å². The monoisotopic (exact) mass is 370 g/mol. The fourth-order valence-electron chi connectivity index (χ4n) is 2.57. The molecule has 26 heavy (non-hydrogen) atoms. The Hall–Kier alpha value is -3.47. The quantitative estimate of drug-likeness (QED) is 0.548. The molecule has 10 nitrogen and oxygen atoms in total. The van der Waals surface area contributed by atoms with Gasteiger partial charge in [0.2, 0.25) is 5.16 Å². The van der Waals surface area contributed by atoms with Crippen molar-refractivity contribution < 1.29 is 9.85 Å². The number of fused-ring (bicyclic) bond motifs is 1. The number of hydrogen-bond acceptors (Lipinski definition) is 8. The molecule has 1 atom stereocenters. The van der Waals surface area contributed by atoms with E-state index in [1.54, 1.807) is 28.9 Å². The van der Waals surface area contributed by atoms with E-state index in [0.717, 1.165) is 5.56 Å². The topological polar surface area (TPSA) is 129 Å². The van der Waals surface area contributed by atoms with Crippen LogP contribution in [0.4, 0.5) is 11.4 Å². The summed E-state index contributed by atoms with van der Waals surface area (Å²) in [5.74, 6) is 0.459. The van der Waals surface area contributed by atoms with Crippen molar-refractivity contribution in [2.24, 2.45) is 0 Å². The fourth-order valence-corrected chi connectivity index (χ4v) is 3.57. The summed E-state index contributed by atoms with van der Waals surface area (Å²) >= 11 is 1.40. The number of rotatable bonds is 4. The first kappa shape index (κ1) is 16.0. The van der Waals surface area contributed by atoms with E-state index in [1.165, 1.54) is 36.0 Å². The molecule has 11 heteroatoms. The number of thioether (sulfide) groups is 1. The van der Waals surface area contributed by atoms with Crippen LogP contribution >= 0.6 is 11.8 Å². The Labute approximate surface area is 150 Å². The lowest BCUT2D eigenvalue weighted by atomic mass is 10.2. The summed E-state index contributed by atoms with van der Waals surface area (Å²) in [5.41, 5.74) is 4.61. The molecule has 1 aliphatic rings. The summed E-state index contributed by atoms with van der Waals surface area (Å²) in [7, 11) is 0. The number of non-ortho nitro benzene ring substituents is 2. The van der Waals surface area contributed by atoms with Gasteiger partial charge in [0.05, 0.1) is 9.85 Å². The molecule has 0 aliphatic carbocycles. The van der Waals surface area contributed by atoms with Crippen molar-refractivity contribution in [2.75, 3.05) is 5.43 Å². The van der Waals surface area contributed by atoms with Crippen molar-refractivity contribution in [1.29, 1.82) is 0 Å². The smallest absolute Gasteiger partial charge is 0.270 e. The van der Waals surface area contributed by atoms with Crippen molar-refractivity contribution in [3.8, 4) is 11.4 Å². The summed E-state index contributed by atoms with van der Waals surface area (Å²) in [4.78, 5) is 20.8. The number of nitro groups is 2. The number of benzene rings is 2. The zero-order chi connectivity index (χ0) is 18.3. The van der Waals surface area contributed by atoms with Crippen LogP contribution in [-0.4, -0.2) is 24.7 Å². The third-order valence-electron chi connectivity index (χ3n) is 3.82. The molecule has 0 bridgehead atoms. The highest BCUT2D eigenvalue weighted by molar-refractivity contribution is 7.99. The Morgan fingerprint density at radius 3 is 2.42 bits per heavy atom. The van der Waals surface area contributed by atoms with Crippen LogP contribution in [0.5, 0.6) is 0 Å². The number of nitro benzene ring substituents is 2. The third kappa shape index (κ3) is 2.73. The van der Waals surface area contributed by atoms with Crippen LogP contribution in [-0.2, 0) is 0 Å². The Bertz CT molecular complexity index is 1020. The van der Waals surface area contributed by atoms with Crippen LogP contribution in [0.25, 0.3) is 11.4 Å². The van der Waals surface area contributed by atoms with Crippen LogP contribution in [0.2, 0.25) is 0 Å². The summed E-state index contributed by atoms with van der Waals surface area (Å²) in [6.45, 7) is 0. The Morgan fingerprint density at radius 2 is 1.73 bits per heavy atom. The van der Waals surface area contributed by atoms with Crippen LogP contribution < -0.4 is 5.43 Å². The molecule has 0 fully saturated rings. The summed E-state index contributed by atoms with van der Waals surface area (Å²) < 4.78 is 1.66. The highest BCUT2D eigenvalue weighted by Crippen LogP contribution is 2.40. The standard InChI is InChI=1S/C15H10N6O4S/c22-20(23)11-6-4-9(5-7-11)14-18-19-13(16-17-15(19)26-14)10-2-1-3-12(8-10)21(24)25/h1-8,14,18H/t14-/m1/s1. The molecule has 130 valence electrons. The Kier molecular flexibility index (Phi) is 3.77. The van der Waals surface area contributed by atoms with E-state index < -0.39 is 9.85 Å².